The van der Waals surface area contributed by atoms with Crippen LogP contribution in [0.2, 0.25) is 0 Å². The number of nitrogens with zero attached hydrogens (tertiary/aromatic N) is 4. The fourth-order valence-corrected chi connectivity index (χ4v) is 2.93. The summed E-state index contributed by atoms with van der Waals surface area (Å²) >= 11 is 0. The van der Waals surface area contributed by atoms with E-state index in [4.69, 9.17) is 0 Å². The summed E-state index contributed by atoms with van der Waals surface area (Å²) in [5.41, 5.74) is 1.13. The maximum absolute atomic E-state index is 3.94. The molecule has 0 radical (unpaired) electrons. The van der Waals surface area contributed by atoms with Crippen molar-refractivity contribution in [3.8, 4) is 0 Å². The molecule has 0 saturated carbocycles. The molecule has 1 aromatic rings. The highest BCUT2D eigenvalue weighted by atomic mass is 15.3. The Labute approximate surface area is 143 Å². The van der Waals surface area contributed by atoms with Gasteiger partial charge in [-0.25, -0.2) is 0 Å². The van der Waals surface area contributed by atoms with Crippen molar-refractivity contribution in [2.24, 2.45) is 0 Å². The molecule has 1 aromatic heterocycles. The van der Waals surface area contributed by atoms with Gasteiger partial charge in [-0.05, 0) is 18.1 Å². The van der Waals surface area contributed by atoms with Crippen LogP contribution in [0.5, 0.6) is 0 Å². The SMILES string of the molecule is CCCCCCCCN(CCCCCCCC)c1cnnnc1. The van der Waals surface area contributed by atoms with E-state index < -0.39 is 0 Å². The molecule has 4 heteroatoms. The topological polar surface area (TPSA) is 41.9 Å². The zero-order valence-corrected chi connectivity index (χ0v) is 15.3. The van der Waals surface area contributed by atoms with Crippen LogP contribution in [0, 0.1) is 0 Å². The summed E-state index contributed by atoms with van der Waals surface area (Å²) in [7, 11) is 0. The number of rotatable bonds is 15. The van der Waals surface area contributed by atoms with Crippen molar-refractivity contribution in [3.63, 3.8) is 0 Å². The van der Waals surface area contributed by atoms with Crippen molar-refractivity contribution in [3.05, 3.63) is 12.4 Å². The second-order valence-corrected chi connectivity index (χ2v) is 6.53. The lowest BCUT2D eigenvalue weighted by Crippen LogP contribution is -2.26. The number of hydrogen-bond donors (Lipinski definition) is 0. The van der Waals surface area contributed by atoms with Crippen LogP contribution in [-0.4, -0.2) is 28.5 Å². The Kier molecular flexibility index (Phi) is 12.4. The van der Waals surface area contributed by atoms with Gasteiger partial charge in [0, 0.05) is 13.1 Å². The van der Waals surface area contributed by atoms with Gasteiger partial charge in [0.25, 0.3) is 0 Å². The highest BCUT2D eigenvalue weighted by Crippen LogP contribution is 2.15. The van der Waals surface area contributed by atoms with Gasteiger partial charge >= 0.3 is 0 Å². The number of unbranched alkanes of at least 4 members (excludes halogenated alkanes) is 10. The highest BCUT2D eigenvalue weighted by Gasteiger charge is 2.07. The van der Waals surface area contributed by atoms with Crippen LogP contribution in [0.15, 0.2) is 12.4 Å². The summed E-state index contributed by atoms with van der Waals surface area (Å²) < 4.78 is 0. The summed E-state index contributed by atoms with van der Waals surface area (Å²) in [6.45, 7) is 6.78. The molecule has 0 aliphatic heterocycles. The molecule has 0 bridgehead atoms. The summed E-state index contributed by atoms with van der Waals surface area (Å²) in [6, 6.07) is 0. The van der Waals surface area contributed by atoms with E-state index in [9.17, 15) is 0 Å². The van der Waals surface area contributed by atoms with Crippen LogP contribution in [0.4, 0.5) is 5.69 Å². The molecule has 0 N–H and O–H groups in total. The van der Waals surface area contributed by atoms with Crippen LogP contribution in [0.25, 0.3) is 0 Å². The predicted molar refractivity (Wildman–Crippen MR) is 98.8 cm³/mol. The molecular formula is C19H36N4. The van der Waals surface area contributed by atoms with E-state index in [2.05, 4.69) is 34.2 Å². The van der Waals surface area contributed by atoms with Gasteiger partial charge < -0.3 is 4.90 Å². The Morgan fingerprint density at radius 2 is 1.09 bits per heavy atom. The minimum atomic E-state index is 1.12. The molecule has 4 nitrogen and oxygen atoms in total. The normalized spacial score (nSPS) is 10.9. The Bertz CT molecular complexity index is 340. The van der Waals surface area contributed by atoms with Crippen molar-refractivity contribution < 1.29 is 0 Å². The lowest BCUT2D eigenvalue weighted by Gasteiger charge is -2.24. The van der Waals surface area contributed by atoms with Crippen molar-refractivity contribution >= 4 is 5.69 Å². The quantitative estimate of drug-likeness (QED) is 0.406. The van der Waals surface area contributed by atoms with Crippen LogP contribution in [-0.2, 0) is 0 Å². The van der Waals surface area contributed by atoms with E-state index in [0.29, 0.717) is 0 Å². The molecule has 0 saturated heterocycles. The molecule has 0 unspecified atom stereocenters. The smallest absolute Gasteiger partial charge is 0.0777 e. The molecule has 0 fully saturated rings. The van der Waals surface area contributed by atoms with Gasteiger partial charge in [-0.15, -0.1) is 10.2 Å². The minimum Gasteiger partial charge on any atom is -0.369 e. The molecule has 1 rings (SSSR count). The first-order valence-electron chi connectivity index (χ1n) is 9.76. The van der Waals surface area contributed by atoms with Crippen molar-refractivity contribution in [2.75, 3.05) is 18.0 Å². The van der Waals surface area contributed by atoms with Crippen molar-refractivity contribution in [2.45, 2.75) is 90.9 Å². The van der Waals surface area contributed by atoms with E-state index in [1.54, 1.807) is 0 Å². The largest absolute Gasteiger partial charge is 0.369 e. The van der Waals surface area contributed by atoms with Gasteiger partial charge in [-0.1, -0.05) is 78.1 Å². The van der Waals surface area contributed by atoms with Crippen molar-refractivity contribution in [1.29, 1.82) is 0 Å². The van der Waals surface area contributed by atoms with E-state index >= 15 is 0 Å². The number of anilines is 1. The minimum absolute atomic E-state index is 1.12. The van der Waals surface area contributed by atoms with Crippen LogP contribution < -0.4 is 4.90 Å². The zero-order valence-electron chi connectivity index (χ0n) is 15.3. The molecule has 23 heavy (non-hydrogen) atoms. The molecule has 132 valence electrons. The summed E-state index contributed by atoms with van der Waals surface area (Å²) in [6.07, 6.45) is 19.8. The Morgan fingerprint density at radius 3 is 1.57 bits per heavy atom. The average Bonchev–Trinajstić information content (AvgIpc) is 2.60. The van der Waals surface area contributed by atoms with E-state index in [1.165, 1.54) is 77.0 Å². The molecule has 0 amide bonds. The standard InChI is InChI=1S/C19H36N4/c1-3-5-7-9-11-13-15-23(19-17-20-22-21-18-19)16-14-12-10-8-6-4-2/h17-18H,3-16H2,1-2H3. The maximum atomic E-state index is 3.94. The first-order valence-corrected chi connectivity index (χ1v) is 9.76. The third kappa shape index (κ3) is 10.2. The monoisotopic (exact) mass is 320 g/mol. The Hall–Kier alpha value is -1.19. The molecular weight excluding hydrogens is 284 g/mol. The third-order valence-electron chi connectivity index (χ3n) is 4.41. The predicted octanol–water partition coefficient (Wildman–Crippen LogP) is 5.40. The van der Waals surface area contributed by atoms with E-state index in [0.717, 1.165) is 18.8 Å². The Balaban J connectivity index is 2.26. The second kappa shape index (κ2) is 14.4. The highest BCUT2D eigenvalue weighted by molar-refractivity contribution is 5.40. The number of aromatic nitrogens is 3. The molecule has 0 aliphatic rings. The molecule has 1 heterocycles. The lowest BCUT2D eigenvalue weighted by atomic mass is 10.1. The Morgan fingerprint density at radius 1 is 0.652 bits per heavy atom. The van der Waals surface area contributed by atoms with Gasteiger partial charge in [-0.3, -0.25) is 0 Å². The molecule has 0 spiro atoms. The van der Waals surface area contributed by atoms with Gasteiger partial charge in [0.1, 0.15) is 0 Å². The van der Waals surface area contributed by atoms with E-state index in [1.807, 2.05) is 12.4 Å². The van der Waals surface area contributed by atoms with Gasteiger partial charge in [-0.2, -0.15) is 0 Å². The van der Waals surface area contributed by atoms with Gasteiger partial charge in [0.2, 0.25) is 0 Å². The van der Waals surface area contributed by atoms with Crippen LogP contribution >= 0.6 is 0 Å². The molecule has 0 atom stereocenters. The summed E-state index contributed by atoms with van der Waals surface area (Å²) in [5, 5.41) is 11.5. The fraction of sp³-hybridized carbons (Fsp3) is 0.842. The average molecular weight is 321 g/mol. The summed E-state index contributed by atoms with van der Waals surface area (Å²) in [5.74, 6) is 0. The summed E-state index contributed by atoms with van der Waals surface area (Å²) in [4.78, 5) is 2.45. The second-order valence-electron chi connectivity index (χ2n) is 6.53. The first-order chi connectivity index (χ1) is 11.4. The van der Waals surface area contributed by atoms with E-state index in [-0.39, 0.29) is 0 Å². The van der Waals surface area contributed by atoms with Crippen molar-refractivity contribution in [1.82, 2.24) is 15.4 Å². The lowest BCUT2D eigenvalue weighted by molar-refractivity contribution is 0.573. The molecule has 0 aliphatic carbocycles. The fourth-order valence-electron chi connectivity index (χ4n) is 2.93. The molecule has 0 aromatic carbocycles. The van der Waals surface area contributed by atoms with Crippen LogP contribution in [0.1, 0.15) is 90.9 Å². The van der Waals surface area contributed by atoms with Gasteiger partial charge in [0.15, 0.2) is 0 Å². The zero-order chi connectivity index (χ0) is 16.6. The maximum Gasteiger partial charge on any atom is 0.0777 e. The van der Waals surface area contributed by atoms with Crippen LogP contribution in [0.3, 0.4) is 0 Å². The first kappa shape index (κ1) is 19.9. The third-order valence-corrected chi connectivity index (χ3v) is 4.41. The number of hydrogen-bond acceptors (Lipinski definition) is 4. The van der Waals surface area contributed by atoms with Gasteiger partial charge in [0.05, 0.1) is 18.1 Å².